The van der Waals surface area contributed by atoms with Gasteiger partial charge in [-0.25, -0.2) is 0 Å². The lowest BCUT2D eigenvalue weighted by Crippen LogP contribution is -2.56. The molecule has 1 aliphatic heterocycles. The van der Waals surface area contributed by atoms with Gasteiger partial charge in [-0.2, -0.15) is 0 Å². The molecule has 0 saturated carbocycles. The minimum Gasteiger partial charge on any atom is -0.457 e. The van der Waals surface area contributed by atoms with Crippen LogP contribution in [0.5, 0.6) is 0 Å². The van der Waals surface area contributed by atoms with Gasteiger partial charge >= 0.3 is 5.97 Å². The van der Waals surface area contributed by atoms with Gasteiger partial charge in [-0.15, -0.1) is 0 Å². The van der Waals surface area contributed by atoms with Gasteiger partial charge in [-0.05, 0) is 11.1 Å². The molecular formula is C21H24O6. The molecule has 1 saturated heterocycles. The van der Waals surface area contributed by atoms with Crippen molar-refractivity contribution in [3.8, 4) is 0 Å². The molecule has 1 fully saturated rings. The van der Waals surface area contributed by atoms with E-state index in [0.29, 0.717) is 6.61 Å². The first-order chi connectivity index (χ1) is 13.1. The smallest absolute Gasteiger partial charge is 0.303 e. The lowest BCUT2D eigenvalue weighted by Gasteiger charge is -2.39. The van der Waals surface area contributed by atoms with Crippen LogP contribution in [0.2, 0.25) is 0 Å². The zero-order chi connectivity index (χ0) is 19.1. The molecule has 2 aromatic rings. The fourth-order valence-corrected chi connectivity index (χ4v) is 2.91. The second kappa shape index (κ2) is 9.62. The minimum atomic E-state index is -1.05. The maximum Gasteiger partial charge on any atom is 0.303 e. The summed E-state index contributed by atoms with van der Waals surface area (Å²) >= 11 is 0. The van der Waals surface area contributed by atoms with E-state index in [2.05, 4.69) is 0 Å². The van der Waals surface area contributed by atoms with E-state index in [1.54, 1.807) is 0 Å². The Labute approximate surface area is 158 Å². The number of carbonyl (C=O) groups excluding carboxylic acids is 1. The molecule has 1 N–H and O–H groups in total. The van der Waals surface area contributed by atoms with Crippen LogP contribution >= 0.6 is 0 Å². The molecule has 0 bridgehead atoms. The normalized spacial score (nSPS) is 25.1. The van der Waals surface area contributed by atoms with Crippen LogP contribution < -0.4 is 0 Å². The van der Waals surface area contributed by atoms with E-state index in [9.17, 15) is 9.90 Å². The van der Waals surface area contributed by atoms with Gasteiger partial charge in [0.05, 0.1) is 19.8 Å². The average molecular weight is 372 g/mol. The molecule has 6 nitrogen and oxygen atoms in total. The van der Waals surface area contributed by atoms with Crippen molar-refractivity contribution in [3.05, 3.63) is 71.8 Å². The summed E-state index contributed by atoms with van der Waals surface area (Å²) < 4.78 is 22.6. The predicted molar refractivity (Wildman–Crippen MR) is 97.6 cm³/mol. The predicted octanol–water partition coefficient (Wildman–Crippen LogP) is 2.44. The molecule has 27 heavy (non-hydrogen) atoms. The maximum absolute atomic E-state index is 11.3. The van der Waals surface area contributed by atoms with Crippen LogP contribution in [-0.4, -0.2) is 42.3 Å². The molecule has 3 rings (SSSR count). The number of hydrogen-bond acceptors (Lipinski definition) is 6. The van der Waals surface area contributed by atoms with Crippen LogP contribution in [0.1, 0.15) is 18.1 Å². The molecule has 144 valence electrons. The van der Waals surface area contributed by atoms with Gasteiger partial charge in [0.25, 0.3) is 0 Å². The summed E-state index contributed by atoms with van der Waals surface area (Å²) in [4.78, 5) is 11.3. The van der Waals surface area contributed by atoms with Crippen LogP contribution in [0.15, 0.2) is 60.7 Å². The van der Waals surface area contributed by atoms with Crippen LogP contribution in [0, 0.1) is 0 Å². The second-order valence-electron chi connectivity index (χ2n) is 6.40. The van der Waals surface area contributed by atoms with Gasteiger partial charge in [0.1, 0.15) is 12.2 Å². The van der Waals surface area contributed by atoms with Gasteiger partial charge in [0, 0.05) is 6.92 Å². The molecule has 0 amide bonds. The standard InChI is InChI=1S/C21H24O6/c1-15(22)27-18-14-26-21(25-13-17-10-6-3-7-11-17)20(19(18)23)24-12-16-8-4-2-5-9-16/h2-11,18-21,23H,12-14H2,1H3/t18-,19-,20+,21-/m0/s1. The van der Waals surface area contributed by atoms with Crippen molar-refractivity contribution in [3.63, 3.8) is 0 Å². The van der Waals surface area contributed by atoms with Crippen molar-refractivity contribution in [2.45, 2.75) is 44.7 Å². The second-order valence-corrected chi connectivity index (χ2v) is 6.40. The van der Waals surface area contributed by atoms with E-state index in [4.69, 9.17) is 18.9 Å². The summed E-state index contributed by atoms with van der Waals surface area (Å²) in [6.07, 6.45) is -3.39. The highest BCUT2D eigenvalue weighted by Gasteiger charge is 2.42. The van der Waals surface area contributed by atoms with Crippen LogP contribution in [0.3, 0.4) is 0 Å². The van der Waals surface area contributed by atoms with Crippen molar-refractivity contribution < 1.29 is 28.8 Å². The summed E-state index contributed by atoms with van der Waals surface area (Å²) in [6, 6.07) is 19.3. The number of aliphatic hydroxyl groups is 1. The Morgan fingerprint density at radius 2 is 1.56 bits per heavy atom. The first-order valence-electron chi connectivity index (χ1n) is 8.91. The summed E-state index contributed by atoms with van der Waals surface area (Å²) in [7, 11) is 0. The number of ether oxygens (including phenoxy) is 4. The third kappa shape index (κ3) is 5.61. The Morgan fingerprint density at radius 3 is 2.11 bits per heavy atom. The summed E-state index contributed by atoms with van der Waals surface area (Å²) in [5.41, 5.74) is 1.95. The fraction of sp³-hybridized carbons (Fsp3) is 0.381. The third-order valence-corrected chi connectivity index (χ3v) is 4.27. The number of hydrogen-bond donors (Lipinski definition) is 1. The Kier molecular flexibility index (Phi) is 6.95. The highest BCUT2D eigenvalue weighted by atomic mass is 16.7. The van der Waals surface area contributed by atoms with Crippen LogP contribution in [0.25, 0.3) is 0 Å². The van der Waals surface area contributed by atoms with E-state index in [-0.39, 0.29) is 13.2 Å². The van der Waals surface area contributed by atoms with E-state index in [1.165, 1.54) is 6.92 Å². The zero-order valence-electron chi connectivity index (χ0n) is 15.2. The zero-order valence-corrected chi connectivity index (χ0v) is 15.2. The number of carbonyl (C=O) groups is 1. The highest BCUT2D eigenvalue weighted by molar-refractivity contribution is 5.66. The topological polar surface area (TPSA) is 74.2 Å². The molecular weight excluding hydrogens is 348 g/mol. The first-order valence-corrected chi connectivity index (χ1v) is 8.91. The van der Waals surface area contributed by atoms with E-state index < -0.39 is 30.6 Å². The molecule has 2 aromatic carbocycles. The monoisotopic (exact) mass is 372 g/mol. The lowest BCUT2D eigenvalue weighted by molar-refractivity contribution is -0.288. The minimum absolute atomic E-state index is 0.0470. The van der Waals surface area contributed by atoms with Gasteiger partial charge in [-0.1, -0.05) is 60.7 Å². The molecule has 1 aliphatic rings. The summed E-state index contributed by atoms with van der Waals surface area (Å²) in [5, 5.41) is 10.7. The van der Waals surface area contributed by atoms with Gasteiger partial charge in [-0.3, -0.25) is 4.79 Å². The van der Waals surface area contributed by atoms with Gasteiger partial charge in [0.2, 0.25) is 0 Å². The van der Waals surface area contributed by atoms with E-state index in [1.807, 2.05) is 60.7 Å². The highest BCUT2D eigenvalue weighted by Crippen LogP contribution is 2.24. The van der Waals surface area contributed by atoms with Crippen molar-refractivity contribution in [2.24, 2.45) is 0 Å². The van der Waals surface area contributed by atoms with Crippen molar-refractivity contribution in [1.82, 2.24) is 0 Å². The molecule has 0 aliphatic carbocycles. The first kappa shape index (κ1) is 19.5. The average Bonchev–Trinajstić information content (AvgIpc) is 2.69. The fourth-order valence-electron chi connectivity index (χ4n) is 2.91. The maximum atomic E-state index is 11.3. The van der Waals surface area contributed by atoms with Crippen molar-refractivity contribution in [1.29, 1.82) is 0 Å². The van der Waals surface area contributed by atoms with Gasteiger partial charge in [0.15, 0.2) is 12.4 Å². The number of aliphatic hydroxyl groups excluding tert-OH is 1. The van der Waals surface area contributed by atoms with E-state index in [0.717, 1.165) is 11.1 Å². The number of benzene rings is 2. The summed E-state index contributed by atoms with van der Waals surface area (Å²) in [6.45, 7) is 1.95. The Hall–Kier alpha value is -2.25. The number of esters is 1. The Balaban J connectivity index is 1.66. The molecule has 0 unspecified atom stereocenters. The quantitative estimate of drug-likeness (QED) is 0.753. The Bertz CT molecular complexity index is 705. The molecule has 6 heteroatoms. The summed E-state index contributed by atoms with van der Waals surface area (Å²) in [5.74, 6) is -0.479. The Morgan fingerprint density at radius 1 is 1.00 bits per heavy atom. The largest absolute Gasteiger partial charge is 0.457 e. The van der Waals surface area contributed by atoms with Crippen LogP contribution in [-0.2, 0) is 37.0 Å². The van der Waals surface area contributed by atoms with E-state index >= 15 is 0 Å². The number of rotatable bonds is 7. The SMILES string of the molecule is CC(=O)O[C@H]1CO[C@H](OCc2ccccc2)[C@H](OCc2ccccc2)[C@H]1O. The molecule has 0 spiro atoms. The molecule has 0 radical (unpaired) electrons. The molecule has 0 aromatic heterocycles. The molecule has 4 atom stereocenters. The van der Waals surface area contributed by atoms with Crippen molar-refractivity contribution >= 4 is 5.97 Å². The molecule has 1 heterocycles. The van der Waals surface area contributed by atoms with Crippen molar-refractivity contribution in [2.75, 3.05) is 6.61 Å². The lowest BCUT2D eigenvalue weighted by atomic mass is 10.0. The van der Waals surface area contributed by atoms with Gasteiger partial charge < -0.3 is 24.1 Å². The van der Waals surface area contributed by atoms with Crippen LogP contribution in [0.4, 0.5) is 0 Å². The third-order valence-electron chi connectivity index (χ3n) is 4.27.